The quantitative estimate of drug-likeness (QED) is 0.265. The highest BCUT2D eigenvalue weighted by Gasteiger charge is 2.29. The summed E-state index contributed by atoms with van der Waals surface area (Å²) in [6.07, 6.45) is 6.44. The van der Waals surface area contributed by atoms with Gasteiger partial charge in [0.2, 0.25) is 11.8 Å². The van der Waals surface area contributed by atoms with Gasteiger partial charge in [-0.05, 0) is 45.2 Å². The fraction of sp³-hybridized carbons (Fsp3) is 0.647. The molecular weight excluding hydrogens is 352 g/mol. The van der Waals surface area contributed by atoms with Gasteiger partial charge < -0.3 is 31.8 Å². The summed E-state index contributed by atoms with van der Waals surface area (Å²) in [6, 6.07) is -2.22. The second-order valence-corrected chi connectivity index (χ2v) is 6.67. The zero-order valence-corrected chi connectivity index (χ0v) is 15.2. The minimum Gasteiger partial charge on any atom is -0.480 e. The molecule has 1 aliphatic heterocycles. The van der Waals surface area contributed by atoms with Crippen LogP contribution >= 0.6 is 0 Å². The van der Waals surface area contributed by atoms with E-state index in [9.17, 15) is 19.5 Å². The molecule has 1 saturated heterocycles. The lowest BCUT2D eigenvalue weighted by Gasteiger charge is -2.22. The fourth-order valence-electron chi connectivity index (χ4n) is 3.03. The zero-order valence-electron chi connectivity index (χ0n) is 15.2. The highest BCUT2D eigenvalue weighted by molar-refractivity contribution is 5.91. The van der Waals surface area contributed by atoms with Crippen molar-refractivity contribution in [3.63, 3.8) is 0 Å². The number of hydrogen-bond acceptors (Lipinski definition) is 6. The Morgan fingerprint density at radius 1 is 1.30 bits per heavy atom. The Bertz CT molecular complexity index is 615. The van der Waals surface area contributed by atoms with Gasteiger partial charge in [0.15, 0.2) is 0 Å². The SMILES string of the molecule is NCCCCC(NC(=O)C1CCCN1)C(=O)NC(Cc1cnc[nH]1)C(=O)O. The summed E-state index contributed by atoms with van der Waals surface area (Å²) in [4.78, 5) is 43.2. The number of aromatic nitrogens is 2. The molecule has 0 spiro atoms. The zero-order chi connectivity index (χ0) is 19.6. The smallest absolute Gasteiger partial charge is 0.326 e. The standard InChI is InChI=1S/C17H28N6O4/c18-6-2-1-4-13(22-15(24)12-5-3-7-20-12)16(25)23-14(17(26)27)8-11-9-19-10-21-11/h9-10,12-14,20H,1-8,18H2,(H,19,21)(H,22,24)(H,23,25)(H,26,27). The van der Waals surface area contributed by atoms with E-state index >= 15 is 0 Å². The number of hydrogen-bond donors (Lipinski definition) is 6. The molecule has 0 bridgehead atoms. The molecule has 7 N–H and O–H groups in total. The number of aromatic amines is 1. The summed E-state index contributed by atoms with van der Waals surface area (Å²) < 4.78 is 0. The van der Waals surface area contributed by atoms with E-state index in [1.54, 1.807) is 0 Å². The van der Waals surface area contributed by atoms with Gasteiger partial charge in [0, 0.05) is 18.3 Å². The first-order valence-electron chi connectivity index (χ1n) is 9.25. The molecule has 1 aromatic rings. The third kappa shape index (κ3) is 6.65. The van der Waals surface area contributed by atoms with Crippen LogP contribution in [0.25, 0.3) is 0 Å². The van der Waals surface area contributed by atoms with Crippen LogP contribution in [0.2, 0.25) is 0 Å². The van der Waals surface area contributed by atoms with Crippen molar-refractivity contribution in [2.75, 3.05) is 13.1 Å². The summed E-state index contributed by atoms with van der Waals surface area (Å²) in [5, 5.41) is 17.8. The van der Waals surface area contributed by atoms with E-state index in [2.05, 4.69) is 25.9 Å². The highest BCUT2D eigenvalue weighted by atomic mass is 16.4. The van der Waals surface area contributed by atoms with Crippen molar-refractivity contribution in [2.24, 2.45) is 5.73 Å². The molecule has 2 rings (SSSR count). The number of unbranched alkanes of at least 4 members (excludes halogenated alkanes) is 1. The number of amides is 2. The molecule has 0 radical (unpaired) electrons. The Kier molecular flexibility index (Phi) is 8.21. The maximum absolute atomic E-state index is 12.7. The van der Waals surface area contributed by atoms with Crippen LogP contribution in [0.4, 0.5) is 0 Å². The van der Waals surface area contributed by atoms with Gasteiger partial charge in [0.25, 0.3) is 0 Å². The van der Waals surface area contributed by atoms with Crippen LogP contribution in [0.5, 0.6) is 0 Å². The van der Waals surface area contributed by atoms with Gasteiger partial charge in [0.1, 0.15) is 12.1 Å². The second kappa shape index (κ2) is 10.6. The number of H-pyrrole nitrogens is 1. The lowest BCUT2D eigenvalue weighted by atomic mass is 10.1. The average molecular weight is 380 g/mol. The lowest BCUT2D eigenvalue weighted by molar-refractivity contribution is -0.142. The number of aliphatic carboxylic acids is 1. The van der Waals surface area contributed by atoms with Gasteiger partial charge in [0.05, 0.1) is 12.4 Å². The lowest BCUT2D eigenvalue weighted by Crippen LogP contribution is -2.54. The fourth-order valence-corrected chi connectivity index (χ4v) is 3.03. The molecule has 3 unspecified atom stereocenters. The first-order valence-corrected chi connectivity index (χ1v) is 9.25. The monoisotopic (exact) mass is 380 g/mol. The largest absolute Gasteiger partial charge is 0.480 e. The normalized spacial score (nSPS) is 18.6. The summed E-state index contributed by atoms with van der Waals surface area (Å²) in [6.45, 7) is 1.26. The molecule has 150 valence electrons. The Labute approximate surface area is 157 Å². The second-order valence-electron chi connectivity index (χ2n) is 6.67. The van der Waals surface area contributed by atoms with E-state index in [0.717, 1.165) is 25.8 Å². The van der Waals surface area contributed by atoms with Crippen molar-refractivity contribution in [3.8, 4) is 0 Å². The molecule has 1 aliphatic rings. The van der Waals surface area contributed by atoms with Crippen LogP contribution in [0.3, 0.4) is 0 Å². The van der Waals surface area contributed by atoms with Gasteiger partial charge in [-0.1, -0.05) is 0 Å². The molecule has 2 amide bonds. The molecule has 27 heavy (non-hydrogen) atoms. The number of rotatable bonds is 11. The molecule has 2 heterocycles. The minimum atomic E-state index is -1.15. The molecule has 1 aromatic heterocycles. The molecule has 10 heteroatoms. The van der Waals surface area contributed by atoms with Crippen LogP contribution in [0.1, 0.15) is 37.8 Å². The Morgan fingerprint density at radius 2 is 2.11 bits per heavy atom. The maximum Gasteiger partial charge on any atom is 0.326 e. The molecular formula is C17H28N6O4. The molecule has 0 saturated carbocycles. The van der Waals surface area contributed by atoms with Gasteiger partial charge in [-0.15, -0.1) is 0 Å². The molecule has 3 atom stereocenters. The highest BCUT2D eigenvalue weighted by Crippen LogP contribution is 2.08. The number of carboxylic acid groups (broad SMARTS) is 1. The van der Waals surface area contributed by atoms with Gasteiger partial charge in [-0.25, -0.2) is 9.78 Å². The molecule has 0 aromatic carbocycles. The molecule has 0 aliphatic carbocycles. The number of nitrogens with zero attached hydrogens (tertiary/aromatic N) is 1. The molecule has 1 fully saturated rings. The predicted molar refractivity (Wildman–Crippen MR) is 97.7 cm³/mol. The Balaban J connectivity index is 1.98. The number of carbonyl (C=O) groups is 3. The average Bonchev–Trinajstić information content (AvgIpc) is 3.34. The third-order valence-electron chi connectivity index (χ3n) is 4.55. The number of nitrogens with one attached hydrogen (secondary N) is 4. The maximum atomic E-state index is 12.7. The summed E-state index contributed by atoms with van der Waals surface area (Å²) in [7, 11) is 0. The topological polar surface area (TPSA) is 162 Å². The van der Waals surface area contributed by atoms with Crippen LogP contribution in [0, 0.1) is 0 Å². The Morgan fingerprint density at radius 3 is 2.70 bits per heavy atom. The number of carbonyl (C=O) groups excluding carboxylic acids is 2. The van der Waals surface area contributed by atoms with E-state index in [0.29, 0.717) is 25.1 Å². The van der Waals surface area contributed by atoms with Crippen molar-refractivity contribution in [2.45, 2.75) is 56.7 Å². The summed E-state index contributed by atoms with van der Waals surface area (Å²) >= 11 is 0. The number of nitrogens with two attached hydrogens (primary N) is 1. The number of carboxylic acids is 1. The van der Waals surface area contributed by atoms with Crippen molar-refractivity contribution in [1.82, 2.24) is 25.9 Å². The third-order valence-corrected chi connectivity index (χ3v) is 4.55. The van der Waals surface area contributed by atoms with Crippen LogP contribution in [0.15, 0.2) is 12.5 Å². The first-order chi connectivity index (χ1) is 13.0. The molecule has 10 nitrogen and oxygen atoms in total. The van der Waals surface area contributed by atoms with Gasteiger partial charge in [-0.3, -0.25) is 9.59 Å². The van der Waals surface area contributed by atoms with Crippen molar-refractivity contribution < 1.29 is 19.5 Å². The van der Waals surface area contributed by atoms with Gasteiger partial charge >= 0.3 is 5.97 Å². The van der Waals surface area contributed by atoms with Crippen molar-refractivity contribution in [1.29, 1.82) is 0 Å². The van der Waals surface area contributed by atoms with Gasteiger partial charge in [-0.2, -0.15) is 0 Å². The first kappa shape index (κ1) is 20.8. The predicted octanol–water partition coefficient (Wildman–Crippen LogP) is -1.11. The van der Waals surface area contributed by atoms with Crippen LogP contribution in [-0.2, 0) is 20.8 Å². The summed E-state index contributed by atoms with van der Waals surface area (Å²) in [5.41, 5.74) is 6.10. The van der Waals surface area contributed by atoms with E-state index in [1.165, 1.54) is 12.5 Å². The Hall–Kier alpha value is -2.46. The van der Waals surface area contributed by atoms with Crippen molar-refractivity contribution in [3.05, 3.63) is 18.2 Å². The van der Waals surface area contributed by atoms with Crippen molar-refractivity contribution >= 4 is 17.8 Å². The van der Waals surface area contributed by atoms with Crippen LogP contribution in [-0.4, -0.2) is 64.1 Å². The minimum absolute atomic E-state index is 0.0781. The van der Waals surface area contributed by atoms with E-state index in [-0.39, 0.29) is 18.4 Å². The van der Waals surface area contributed by atoms with Crippen LogP contribution < -0.4 is 21.7 Å². The van der Waals surface area contributed by atoms with E-state index < -0.39 is 24.0 Å². The van der Waals surface area contributed by atoms with E-state index in [1.807, 2.05) is 0 Å². The number of imidazole rings is 1. The van der Waals surface area contributed by atoms with E-state index in [4.69, 9.17) is 5.73 Å². The summed E-state index contributed by atoms with van der Waals surface area (Å²) in [5.74, 6) is -1.89.